The second-order valence-electron chi connectivity index (χ2n) is 6.13. The number of aromatic nitrogens is 1. The molecule has 0 fully saturated rings. The lowest BCUT2D eigenvalue weighted by Gasteiger charge is -2.11. The number of nitrogens with zero attached hydrogens (tertiary/aromatic N) is 1. The van der Waals surface area contributed by atoms with Gasteiger partial charge >= 0.3 is 0 Å². The number of methoxy groups -OCH3 is 1. The number of anilines is 1. The van der Waals surface area contributed by atoms with E-state index in [0.29, 0.717) is 38.5 Å². The molecule has 0 aliphatic carbocycles. The number of benzene rings is 2. The first-order chi connectivity index (χ1) is 13.9. The molecule has 2 aromatic carbocycles. The Morgan fingerprint density at radius 3 is 2.76 bits per heavy atom. The maximum atomic E-state index is 12.4. The van der Waals surface area contributed by atoms with E-state index in [4.69, 9.17) is 32.1 Å². The number of nitrogens with one attached hydrogen (secondary N) is 2. The molecule has 148 valence electrons. The Balaban J connectivity index is 1.84. The number of hydrogen-bond donors (Lipinski definition) is 3. The minimum atomic E-state index is -0.629. The number of rotatable bonds is 7. The molecule has 0 radical (unpaired) electrons. The molecule has 1 amide bonds. The number of nitriles is 1. The molecule has 0 aliphatic heterocycles. The van der Waals surface area contributed by atoms with Gasteiger partial charge in [0, 0.05) is 35.3 Å². The number of fused-ring (bicyclic) bond motifs is 1. The molecule has 3 aromatic rings. The predicted molar refractivity (Wildman–Crippen MR) is 109 cm³/mol. The van der Waals surface area contributed by atoms with Crippen LogP contribution in [0.5, 0.6) is 11.5 Å². The molecular formula is C20H17ClN4O4. The monoisotopic (exact) mass is 412 g/mol. The number of aromatic amines is 1. The van der Waals surface area contributed by atoms with Crippen LogP contribution in [0.15, 0.2) is 41.2 Å². The van der Waals surface area contributed by atoms with Gasteiger partial charge in [-0.15, -0.1) is 0 Å². The zero-order valence-corrected chi connectivity index (χ0v) is 16.2. The zero-order valence-electron chi connectivity index (χ0n) is 15.4. The molecule has 1 heterocycles. The van der Waals surface area contributed by atoms with Gasteiger partial charge in [-0.05, 0) is 24.3 Å². The van der Waals surface area contributed by atoms with Gasteiger partial charge in [-0.1, -0.05) is 11.6 Å². The van der Waals surface area contributed by atoms with E-state index in [1.165, 1.54) is 7.11 Å². The molecule has 3 rings (SSSR count). The van der Waals surface area contributed by atoms with Crippen molar-refractivity contribution in [1.82, 2.24) is 4.98 Å². The summed E-state index contributed by atoms with van der Waals surface area (Å²) in [5, 5.41) is 13.2. The molecular weight excluding hydrogens is 396 g/mol. The van der Waals surface area contributed by atoms with Crippen LogP contribution in [0.4, 0.5) is 5.69 Å². The van der Waals surface area contributed by atoms with Crippen LogP contribution >= 0.6 is 11.6 Å². The van der Waals surface area contributed by atoms with Gasteiger partial charge in [-0.3, -0.25) is 9.59 Å². The highest BCUT2D eigenvalue weighted by Gasteiger charge is 2.10. The summed E-state index contributed by atoms with van der Waals surface area (Å²) < 4.78 is 10.4. The minimum absolute atomic E-state index is 0.248. The fourth-order valence-electron chi connectivity index (χ4n) is 2.73. The van der Waals surface area contributed by atoms with E-state index in [2.05, 4.69) is 10.3 Å². The second-order valence-corrected chi connectivity index (χ2v) is 6.54. The van der Waals surface area contributed by atoms with Crippen molar-refractivity contribution in [1.29, 1.82) is 5.26 Å². The van der Waals surface area contributed by atoms with Crippen LogP contribution in [-0.2, 0) is 11.3 Å². The van der Waals surface area contributed by atoms with Crippen LogP contribution in [0, 0.1) is 11.3 Å². The maximum Gasteiger partial charge on any atom is 0.255 e. The lowest BCUT2D eigenvalue weighted by atomic mass is 10.1. The Hall–Kier alpha value is -3.70. The molecule has 1 aromatic heterocycles. The zero-order chi connectivity index (χ0) is 21.0. The first kappa shape index (κ1) is 20.0. The summed E-state index contributed by atoms with van der Waals surface area (Å²) in [6.07, 6.45) is 0. The molecule has 0 saturated carbocycles. The number of hydrogen-bond acceptors (Lipinski definition) is 6. The Bertz CT molecular complexity index is 1180. The van der Waals surface area contributed by atoms with Crippen molar-refractivity contribution in [2.24, 2.45) is 5.73 Å². The van der Waals surface area contributed by atoms with E-state index in [1.54, 1.807) is 36.4 Å². The average molecular weight is 413 g/mol. The van der Waals surface area contributed by atoms with Gasteiger partial charge in [0.2, 0.25) is 0 Å². The van der Waals surface area contributed by atoms with Gasteiger partial charge in [0.25, 0.3) is 11.5 Å². The molecule has 0 spiro atoms. The summed E-state index contributed by atoms with van der Waals surface area (Å²) in [5.74, 6) is 0.0693. The summed E-state index contributed by atoms with van der Waals surface area (Å²) in [6, 6.07) is 12.0. The van der Waals surface area contributed by atoms with Gasteiger partial charge in [0.05, 0.1) is 23.2 Å². The second kappa shape index (κ2) is 8.54. The summed E-state index contributed by atoms with van der Waals surface area (Å²) in [6.45, 7) is -0.0661. The largest absolute Gasteiger partial charge is 0.495 e. The van der Waals surface area contributed by atoms with Crippen molar-refractivity contribution in [2.45, 2.75) is 6.54 Å². The number of primary amides is 1. The normalized spacial score (nSPS) is 10.4. The van der Waals surface area contributed by atoms with Crippen LogP contribution in [0.1, 0.15) is 11.1 Å². The number of carbonyl (C=O) groups excluding carboxylic acids is 1. The van der Waals surface area contributed by atoms with E-state index in [1.807, 2.05) is 6.07 Å². The van der Waals surface area contributed by atoms with E-state index in [0.717, 1.165) is 0 Å². The highest BCUT2D eigenvalue weighted by atomic mass is 35.5. The van der Waals surface area contributed by atoms with Crippen LogP contribution in [0.25, 0.3) is 10.9 Å². The van der Waals surface area contributed by atoms with Crippen LogP contribution in [-0.4, -0.2) is 24.6 Å². The van der Waals surface area contributed by atoms with Gasteiger partial charge < -0.3 is 25.5 Å². The molecule has 0 atom stereocenters. The number of carbonyl (C=O) groups is 1. The molecule has 0 aliphatic rings. The Morgan fingerprint density at radius 2 is 2.07 bits per heavy atom. The third-order valence-corrected chi connectivity index (χ3v) is 4.44. The summed E-state index contributed by atoms with van der Waals surface area (Å²) in [4.78, 5) is 26.1. The van der Waals surface area contributed by atoms with E-state index in [9.17, 15) is 9.59 Å². The summed E-state index contributed by atoms with van der Waals surface area (Å²) >= 11 is 6.19. The third-order valence-electron chi connectivity index (χ3n) is 4.15. The quantitative estimate of drug-likeness (QED) is 0.546. The van der Waals surface area contributed by atoms with Gasteiger partial charge in [-0.2, -0.15) is 5.26 Å². The third kappa shape index (κ3) is 4.59. The lowest BCUT2D eigenvalue weighted by Crippen LogP contribution is -2.20. The van der Waals surface area contributed by atoms with Crippen molar-refractivity contribution in [3.05, 3.63) is 62.9 Å². The smallest absolute Gasteiger partial charge is 0.255 e. The molecule has 0 bridgehead atoms. The number of nitrogens with two attached hydrogens (primary N) is 1. The topological polar surface area (TPSA) is 130 Å². The standard InChI is InChI=1S/C20H17ClN4O4/c1-28-17-6-14(3-2-11(17)8-22)24-9-13-4-12-5-15(21)18(29-10-19(23)26)7-16(12)25-20(13)27/h2-7,24H,9-10H2,1H3,(H2,23,26)(H,25,27). The maximum absolute atomic E-state index is 12.4. The van der Waals surface area contributed by atoms with Crippen molar-refractivity contribution in [2.75, 3.05) is 19.0 Å². The SMILES string of the molecule is COc1cc(NCc2cc3cc(Cl)c(OCC(N)=O)cc3[nH]c2=O)ccc1C#N. The molecule has 9 heteroatoms. The number of ether oxygens (including phenoxy) is 2. The minimum Gasteiger partial charge on any atom is -0.495 e. The van der Waals surface area contributed by atoms with Crippen LogP contribution in [0.3, 0.4) is 0 Å². The first-order valence-corrected chi connectivity index (χ1v) is 8.87. The average Bonchev–Trinajstić information content (AvgIpc) is 2.70. The van der Waals surface area contributed by atoms with Gasteiger partial charge in [-0.25, -0.2) is 0 Å². The first-order valence-electron chi connectivity index (χ1n) is 8.50. The Kier molecular flexibility index (Phi) is 5.90. The number of amides is 1. The highest BCUT2D eigenvalue weighted by Crippen LogP contribution is 2.29. The Labute approximate surface area is 170 Å². The highest BCUT2D eigenvalue weighted by molar-refractivity contribution is 6.32. The molecule has 0 unspecified atom stereocenters. The Morgan fingerprint density at radius 1 is 1.28 bits per heavy atom. The summed E-state index contributed by atoms with van der Waals surface area (Å²) in [7, 11) is 1.49. The number of pyridine rings is 1. The van der Waals surface area contributed by atoms with Crippen molar-refractivity contribution in [3.63, 3.8) is 0 Å². The fourth-order valence-corrected chi connectivity index (χ4v) is 2.96. The van der Waals surface area contributed by atoms with Crippen LogP contribution < -0.4 is 26.1 Å². The molecule has 8 nitrogen and oxygen atoms in total. The molecule has 4 N–H and O–H groups in total. The van der Waals surface area contributed by atoms with Crippen LogP contribution in [0.2, 0.25) is 5.02 Å². The van der Waals surface area contributed by atoms with E-state index in [-0.39, 0.29) is 24.5 Å². The number of H-pyrrole nitrogens is 1. The summed E-state index contributed by atoms with van der Waals surface area (Å²) in [5.41, 5.74) is 6.91. The van der Waals surface area contributed by atoms with Crippen molar-refractivity contribution >= 4 is 34.1 Å². The molecule has 29 heavy (non-hydrogen) atoms. The van der Waals surface area contributed by atoms with Crippen molar-refractivity contribution in [3.8, 4) is 17.6 Å². The van der Waals surface area contributed by atoms with Gasteiger partial charge in [0.15, 0.2) is 6.61 Å². The van der Waals surface area contributed by atoms with Gasteiger partial charge in [0.1, 0.15) is 17.6 Å². The lowest BCUT2D eigenvalue weighted by molar-refractivity contribution is -0.119. The number of halogens is 1. The fraction of sp³-hybridized carbons (Fsp3) is 0.150. The molecule has 0 saturated heterocycles. The van der Waals surface area contributed by atoms with Crippen molar-refractivity contribution < 1.29 is 14.3 Å². The predicted octanol–water partition coefficient (Wildman–Crippen LogP) is 2.54. The van der Waals surface area contributed by atoms with E-state index < -0.39 is 5.91 Å². The van der Waals surface area contributed by atoms with E-state index >= 15 is 0 Å².